The predicted octanol–water partition coefficient (Wildman–Crippen LogP) is 5.40. The number of alkyl halides is 3. The van der Waals surface area contributed by atoms with Crippen molar-refractivity contribution in [2.75, 3.05) is 7.11 Å². The van der Waals surface area contributed by atoms with Gasteiger partial charge in [0.1, 0.15) is 5.75 Å². The highest BCUT2D eigenvalue weighted by atomic mass is 35.5. The lowest BCUT2D eigenvalue weighted by atomic mass is 10.0. The quantitative estimate of drug-likeness (QED) is 0.505. The van der Waals surface area contributed by atoms with E-state index in [0.717, 1.165) is 19.3 Å². The minimum atomic E-state index is -3.76. The number of nitrogens with zero attached hydrogens (tertiary/aromatic N) is 1. The van der Waals surface area contributed by atoms with E-state index in [-0.39, 0.29) is 11.3 Å². The van der Waals surface area contributed by atoms with E-state index in [4.69, 9.17) is 16.3 Å². The van der Waals surface area contributed by atoms with Crippen LogP contribution in [0.1, 0.15) is 50.3 Å². The van der Waals surface area contributed by atoms with Gasteiger partial charge in [0.25, 0.3) is 0 Å². The van der Waals surface area contributed by atoms with Crippen molar-refractivity contribution in [2.24, 2.45) is 10.9 Å². The van der Waals surface area contributed by atoms with Crippen LogP contribution in [0, 0.1) is 12.8 Å². The Morgan fingerprint density at radius 3 is 2.61 bits per heavy atom. The number of halogens is 3. The van der Waals surface area contributed by atoms with Crippen LogP contribution in [0.15, 0.2) is 17.1 Å². The molecule has 1 N–H and O–H groups in total. The number of hydrogen-bond donors (Lipinski definition) is 1. The number of aliphatic hydroxyl groups excluding tert-OH is 1. The van der Waals surface area contributed by atoms with Crippen LogP contribution in [0.3, 0.4) is 0 Å². The van der Waals surface area contributed by atoms with Crippen LogP contribution in [0.2, 0.25) is 0 Å². The fourth-order valence-electron chi connectivity index (χ4n) is 2.13. The van der Waals surface area contributed by atoms with Crippen LogP contribution in [0.25, 0.3) is 0 Å². The summed E-state index contributed by atoms with van der Waals surface area (Å²) in [7, 11) is 1.35. The molecule has 1 aromatic carbocycles. The molecule has 6 heteroatoms. The molecule has 0 amide bonds. The van der Waals surface area contributed by atoms with Crippen LogP contribution in [-0.2, 0) is 0 Å². The molecule has 3 nitrogen and oxygen atoms in total. The second kappa shape index (κ2) is 8.60. The largest absolute Gasteiger partial charge is 0.496 e. The Balaban J connectivity index is 2.98. The zero-order valence-electron chi connectivity index (χ0n) is 13.9. The van der Waals surface area contributed by atoms with Crippen molar-refractivity contribution >= 4 is 23.5 Å². The first kappa shape index (κ1) is 19.8. The van der Waals surface area contributed by atoms with Gasteiger partial charge < -0.3 is 9.84 Å². The van der Waals surface area contributed by atoms with E-state index < -0.39 is 11.5 Å². The zero-order valence-corrected chi connectivity index (χ0v) is 14.7. The normalized spacial score (nSPS) is 15.0. The molecule has 0 saturated heterocycles. The summed E-state index contributed by atoms with van der Waals surface area (Å²) >= 11 is 4.92. The number of hydrogen-bond acceptors (Lipinski definition) is 3. The maximum absolute atomic E-state index is 13.1. The van der Waals surface area contributed by atoms with Crippen LogP contribution in [-0.4, -0.2) is 23.8 Å². The van der Waals surface area contributed by atoms with Gasteiger partial charge in [-0.3, -0.25) is 4.99 Å². The highest BCUT2D eigenvalue weighted by Crippen LogP contribution is 2.41. The molecular formula is C17H24ClF2NO2. The van der Waals surface area contributed by atoms with E-state index in [1.54, 1.807) is 6.92 Å². The third kappa shape index (κ3) is 5.74. The summed E-state index contributed by atoms with van der Waals surface area (Å²) in [5, 5.41) is 5.92. The number of aliphatic imine (C=N–C) groups is 1. The van der Waals surface area contributed by atoms with Crippen molar-refractivity contribution in [1.29, 1.82) is 0 Å². The molecule has 0 aliphatic rings. The summed E-state index contributed by atoms with van der Waals surface area (Å²) in [6.07, 6.45) is 2.70. The van der Waals surface area contributed by atoms with Crippen molar-refractivity contribution in [3.63, 3.8) is 0 Å². The van der Waals surface area contributed by atoms with E-state index in [2.05, 4.69) is 18.8 Å². The van der Waals surface area contributed by atoms with Crippen molar-refractivity contribution < 1.29 is 18.6 Å². The van der Waals surface area contributed by atoms with Crippen molar-refractivity contribution in [2.45, 2.75) is 51.5 Å². The molecule has 0 spiro atoms. The van der Waals surface area contributed by atoms with Gasteiger partial charge in [-0.25, -0.2) is 0 Å². The van der Waals surface area contributed by atoms with Crippen LogP contribution >= 0.6 is 11.6 Å². The third-order valence-electron chi connectivity index (χ3n) is 3.87. The van der Waals surface area contributed by atoms with E-state index >= 15 is 0 Å². The molecule has 0 radical (unpaired) electrons. The van der Waals surface area contributed by atoms with Crippen molar-refractivity contribution in [3.05, 3.63) is 23.3 Å². The van der Waals surface area contributed by atoms with Crippen LogP contribution in [0.4, 0.5) is 14.5 Å². The molecule has 2 unspecified atom stereocenters. The van der Waals surface area contributed by atoms with Gasteiger partial charge in [-0.2, -0.15) is 8.78 Å². The summed E-state index contributed by atoms with van der Waals surface area (Å²) in [4.78, 5) is 4.38. The molecule has 1 rings (SSSR count). The van der Waals surface area contributed by atoms with Gasteiger partial charge in [0, 0.05) is 17.8 Å². The van der Waals surface area contributed by atoms with Gasteiger partial charge in [0.2, 0.25) is 0 Å². The Morgan fingerprint density at radius 1 is 1.43 bits per heavy atom. The lowest BCUT2D eigenvalue weighted by molar-refractivity contribution is -0.0434. The van der Waals surface area contributed by atoms with Crippen LogP contribution in [0.5, 0.6) is 5.75 Å². The zero-order chi connectivity index (χ0) is 17.6. The molecule has 0 heterocycles. The molecule has 0 fully saturated rings. The maximum atomic E-state index is 13.1. The molecule has 1 aromatic rings. The summed E-state index contributed by atoms with van der Waals surface area (Å²) in [6, 6.07) is 2.97. The number of aliphatic hydroxyl groups is 1. The minimum Gasteiger partial charge on any atom is -0.496 e. The summed E-state index contributed by atoms with van der Waals surface area (Å²) in [5.74, 6) is 0.776. The highest BCUT2D eigenvalue weighted by molar-refractivity contribution is 6.22. The Hall–Kier alpha value is -1.20. The number of methoxy groups -OCH3 is 1. The van der Waals surface area contributed by atoms with Crippen LogP contribution < -0.4 is 4.74 Å². The second-order valence-electron chi connectivity index (χ2n) is 5.73. The molecule has 23 heavy (non-hydrogen) atoms. The average molecular weight is 348 g/mol. The number of benzene rings is 1. The molecule has 0 aromatic heterocycles. The van der Waals surface area contributed by atoms with E-state index in [9.17, 15) is 13.9 Å². The molecule has 130 valence electrons. The van der Waals surface area contributed by atoms with Gasteiger partial charge in [-0.1, -0.05) is 20.3 Å². The fraction of sp³-hybridized carbons (Fsp3) is 0.588. The monoisotopic (exact) mass is 347 g/mol. The highest BCUT2D eigenvalue weighted by Gasteiger charge is 2.38. The predicted molar refractivity (Wildman–Crippen MR) is 90.3 cm³/mol. The lowest BCUT2D eigenvalue weighted by Gasteiger charge is -2.20. The van der Waals surface area contributed by atoms with Gasteiger partial charge in [-0.15, -0.1) is 0 Å². The molecule has 2 atom stereocenters. The van der Waals surface area contributed by atoms with E-state index in [1.165, 1.54) is 19.2 Å². The molecule has 0 saturated carbocycles. The summed E-state index contributed by atoms with van der Waals surface area (Å²) in [5.41, 5.74) is 1.24. The van der Waals surface area contributed by atoms with Crippen molar-refractivity contribution in [3.8, 4) is 5.75 Å². The maximum Gasteiger partial charge on any atom is 0.351 e. The second-order valence-corrected chi connectivity index (χ2v) is 6.23. The summed E-state index contributed by atoms with van der Waals surface area (Å²) in [6.45, 7) is 6.07. The number of rotatable bonds is 8. The first-order chi connectivity index (χ1) is 10.7. The van der Waals surface area contributed by atoms with Gasteiger partial charge >= 0.3 is 5.38 Å². The number of ether oxygens (including phenoxy) is 1. The van der Waals surface area contributed by atoms with Gasteiger partial charge in [0.15, 0.2) is 6.10 Å². The minimum absolute atomic E-state index is 0.0523. The summed E-state index contributed by atoms with van der Waals surface area (Å²) < 4.78 is 31.4. The smallest absolute Gasteiger partial charge is 0.351 e. The SMILES string of the molecule is CCC(C)CCC=Nc1cc(OC)c(C(O)C(F)(F)Cl)cc1C. The third-order valence-corrected chi connectivity index (χ3v) is 4.08. The first-order valence-corrected chi connectivity index (χ1v) is 8.04. The Bertz CT molecular complexity index is 544. The van der Waals surface area contributed by atoms with E-state index in [1.807, 2.05) is 6.21 Å². The lowest BCUT2D eigenvalue weighted by Crippen LogP contribution is -2.19. The Kier molecular flexibility index (Phi) is 7.42. The standard InChI is InChI=1S/C17H24ClF2NO2/c1-5-11(2)7-6-8-21-14-10-15(23-4)13(9-12(14)3)16(22)17(18,19)20/h8-11,16,22H,5-7H2,1-4H3. The topological polar surface area (TPSA) is 41.8 Å². The Morgan fingerprint density at radius 2 is 2.09 bits per heavy atom. The molecule has 0 aliphatic heterocycles. The fourth-order valence-corrected chi connectivity index (χ4v) is 2.25. The average Bonchev–Trinajstić information content (AvgIpc) is 2.50. The Labute approximate surface area is 141 Å². The number of aryl methyl sites for hydroxylation is 1. The molecule has 0 bridgehead atoms. The van der Waals surface area contributed by atoms with Gasteiger partial charge in [-0.05, 0) is 48.9 Å². The molecule has 0 aliphatic carbocycles. The van der Waals surface area contributed by atoms with Crippen molar-refractivity contribution in [1.82, 2.24) is 0 Å². The molecular weight excluding hydrogens is 324 g/mol. The van der Waals surface area contributed by atoms with E-state index in [0.29, 0.717) is 17.2 Å². The van der Waals surface area contributed by atoms with Gasteiger partial charge in [0.05, 0.1) is 12.8 Å². The first-order valence-electron chi connectivity index (χ1n) is 7.66.